The van der Waals surface area contributed by atoms with Gasteiger partial charge in [-0.1, -0.05) is 61.7 Å². The second-order valence-electron chi connectivity index (χ2n) is 10.4. The summed E-state index contributed by atoms with van der Waals surface area (Å²) < 4.78 is 11.6. The molecule has 5 rings (SSSR count). The highest BCUT2D eigenvalue weighted by atomic mass is 16.5. The number of hydrogen-bond acceptors (Lipinski definition) is 5. The SMILES string of the molecule is COc1ccc(-c2ccccc2)c(COc2ccc(C=Nc3cccc(C(=O)O)c3N(C)C3CCCCC3)cc2)c1. The Bertz CT molecular complexity index is 1490. The number of hydrogen-bond donors (Lipinski definition) is 1. The molecule has 0 amide bonds. The number of nitrogens with zero attached hydrogens (tertiary/aromatic N) is 2. The lowest BCUT2D eigenvalue weighted by Gasteiger charge is -2.34. The van der Waals surface area contributed by atoms with Crippen molar-refractivity contribution < 1.29 is 19.4 Å². The van der Waals surface area contributed by atoms with Crippen LogP contribution in [0.15, 0.2) is 96.0 Å². The Kier molecular flexibility index (Phi) is 8.99. The van der Waals surface area contributed by atoms with E-state index in [-0.39, 0.29) is 5.56 Å². The number of aromatic carboxylic acids is 1. The first-order valence-corrected chi connectivity index (χ1v) is 14.1. The number of carboxylic acids is 1. The molecule has 210 valence electrons. The second-order valence-corrected chi connectivity index (χ2v) is 10.4. The van der Waals surface area contributed by atoms with Crippen molar-refractivity contribution in [3.05, 3.63) is 108 Å². The molecular formula is C35H36N2O4. The summed E-state index contributed by atoms with van der Waals surface area (Å²) in [6.07, 6.45) is 7.49. The van der Waals surface area contributed by atoms with Crippen molar-refractivity contribution in [2.45, 2.75) is 44.8 Å². The second kappa shape index (κ2) is 13.2. The van der Waals surface area contributed by atoms with Gasteiger partial charge >= 0.3 is 5.97 Å². The third-order valence-electron chi connectivity index (χ3n) is 7.74. The third kappa shape index (κ3) is 6.77. The Hall–Kier alpha value is -4.58. The molecule has 0 spiro atoms. The van der Waals surface area contributed by atoms with Crippen molar-refractivity contribution >= 4 is 23.6 Å². The van der Waals surface area contributed by atoms with Gasteiger partial charge in [0.05, 0.1) is 24.0 Å². The molecule has 0 saturated heterocycles. The van der Waals surface area contributed by atoms with E-state index in [1.807, 2.05) is 67.7 Å². The quantitative estimate of drug-likeness (QED) is 0.202. The minimum Gasteiger partial charge on any atom is -0.497 e. The van der Waals surface area contributed by atoms with E-state index in [9.17, 15) is 9.90 Å². The van der Waals surface area contributed by atoms with Gasteiger partial charge in [0.25, 0.3) is 0 Å². The van der Waals surface area contributed by atoms with Gasteiger partial charge in [-0.15, -0.1) is 0 Å². The summed E-state index contributed by atoms with van der Waals surface area (Å²) in [5.41, 5.74) is 5.78. The van der Waals surface area contributed by atoms with Gasteiger partial charge in [-0.05, 0) is 78.1 Å². The van der Waals surface area contributed by atoms with Crippen LogP contribution in [0.5, 0.6) is 11.5 Å². The van der Waals surface area contributed by atoms with E-state index in [0.29, 0.717) is 24.0 Å². The van der Waals surface area contributed by atoms with Gasteiger partial charge in [0, 0.05) is 24.9 Å². The lowest BCUT2D eigenvalue weighted by molar-refractivity contribution is 0.0697. The fourth-order valence-corrected chi connectivity index (χ4v) is 5.50. The Balaban J connectivity index is 1.32. The molecule has 0 radical (unpaired) electrons. The Morgan fingerprint density at radius 3 is 2.37 bits per heavy atom. The summed E-state index contributed by atoms with van der Waals surface area (Å²) in [5, 5.41) is 9.90. The average Bonchev–Trinajstić information content (AvgIpc) is 3.03. The number of aliphatic imine (C=N–C) groups is 1. The summed E-state index contributed by atoms with van der Waals surface area (Å²) in [6, 6.07) is 29.6. The highest BCUT2D eigenvalue weighted by molar-refractivity contribution is 5.99. The molecule has 4 aromatic carbocycles. The van der Waals surface area contributed by atoms with Crippen molar-refractivity contribution in [1.29, 1.82) is 0 Å². The smallest absolute Gasteiger partial charge is 0.337 e. The van der Waals surface area contributed by atoms with Gasteiger partial charge in [-0.25, -0.2) is 4.79 Å². The van der Waals surface area contributed by atoms with E-state index < -0.39 is 5.97 Å². The maximum absolute atomic E-state index is 12.1. The Morgan fingerprint density at radius 2 is 1.66 bits per heavy atom. The van der Waals surface area contributed by atoms with Crippen LogP contribution < -0.4 is 14.4 Å². The molecule has 41 heavy (non-hydrogen) atoms. The minimum atomic E-state index is -0.937. The molecule has 6 heteroatoms. The first-order valence-electron chi connectivity index (χ1n) is 14.1. The summed E-state index contributed by atoms with van der Waals surface area (Å²) in [7, 11) is 3.66. The number of benzene rings is 4. The third-order valence-corrected chi connectivity index (χ3v) is 7.74. The van der Waals surface area contributed by atoms with Crippen molar-refractivity contribution in [2.24, 2.45) is 4.99 Å². The van der Waals surface area contributed by atoms with Crippen LogP contribution in [0, 0.1) is 0 Å². The Labute approximate surface area is 241 Å². The van der Waals surface area contributed by atoms with Crippen LogP contribution in [0.3, 0.4) is 0 Å². The zero-order valence-corrected chi connectivity index (χ0v) is 23.6. The average molecular weight is 549 g/mol. The van der Waals surface area contributed by atoms with E-state index >= 15 is 0 Å². The molecule has 1 fully saturated rings. The number of carbonyl (C=O) groups is 1. The van der Waals surface area contributed by atoms with Crippen LogP contribution in [0.4, 0.5) is 11.4 Å². The highest BCUT2D eigenvalue weighted by Crippen LogP contribution is 2.36. The molecule has 0 unspecified atom stereocenters. The van der Waals surface area contributed by atoms with Gasteiger partial charge < -0.3 is 19.5 Å². The molecule has 0 atom stereocenters. The van der Waals surface area contributed by atoms with Gasteiger partial charge in [0.15, 0.2) is 0 Å². The van der Waals surface area contributed by atoms with Crippen LogP contribution >= 0.6 is 0 Å². The monoisotopic (exact) mass is 548 g/mol. The molecule has 0 heterocycles. The van der Waals surface area contributed by atoms with Gasteiger partial charge in [-0.2, -0.15) is 0 Å². The highest BCUT2D eigenvalue weighted by Gasteiger charge is 2.24. The zero-order chi connectivity index (χ0) is 28.6. The first kappa shape index (κ1) is 28.0. The van der Waals surface area contributed by atoms with Crippen LogP contribution in [0.1, 0.15) is 53.6 Å². The van der Waals surface area contributed by atoms with E-state index in [2.05, 4.69) is 23.1 Å². The number of ether oxygens (including phenoxy) is 2. The number of methoxy groups -OCH3 is 1. The molecule has 0 aliphatic heterocycles. The molecule has 1 N–H and O–H groups in total. The van der Waals surface area contributed by atoms with Gasteiger partial charge in [-0.3, -0.25) is 4.99 Å². The predicted octanol–water partition coefficient (Wildman–Crippen LogP) is 8.16. The number of anilines is 1. The van der Waals surface area contributed by atoms with Crippen molar-refractivity contribution in [2.75, 3.05) is 19.1 Å². The predicted molar refractivity (Wildman–Crippen MR) is 165 cm³/mol. The van der Waals surface area contributed by atoms with E-state index in [1.165, 1.54) is 19.3 Å². The van der Waals surface area contributed by atoms with Crippen molar-refractivity contribution in [1.82, 2.24) is 0 Å². The molecule has 1 aliphatic rings. The maximum Gasteiger partial charge on any atom is 0.337 e. The topological polar surface area (TPSA) is 71.4 Å². The summed E-state index contributed by atoms with van der Waals surface area (Å²) in [5.74, 6) is 0.595. The molecule has 1 aliphatic carbocycles. The van der Waals surface area contributed by atoms with Crippen LogP contribution in [0.25, 0.3) is 11.1 Å². The van der Waals surface area contributed by atoms with Crippen LogP contribution in [0.2, 0.25) is 0 Å². The molecule has 6 nitrogen and oxygen atoms in total. The number of carboxylic acid groups (broad SMARTS) is 1. The van der Waals surface area contributed by atoms with E-state index in [4.69, 9.17) is 14.5 Å². The largest absolute Gasteiger partial charge is 0.497 e. The molecule has 0 aromatic heterocycles. The van der Waals surface area contributed by atoms with Crippen LogP contribution in [-0.2, 0) is 6.61 Å². The summed E-state index contributed by atoms with van der Waals surface area (Å²) in [6.45, 7) is 0.397. The van der Waals surface area contributed by atoms with Gasteiger partial charge in [0.2, 0.25) is 0 Å². The van der Waals surface area contributed by atoms with E-state index in [1.54, 1.807) is 25.5 Å². The first-order chi connectivity index (χ1) is 20.0. The fraction of sp³-hybridized carbons (Fsp3) is 0.257. The Morgan fingerprint density at radius 1 is 0.927 bits per heavy atom. The molecular weight excluding hydrogens is 512 g/mol. The number of rotatable bonds is 10. The van der Waals surface area contributed by atoms with Crippen LogP contribution in [-0.4, -0.2) is 37.5 Å². The lowest BCUT2D eigenvalue weighted by Crippen LogP contribution is -2.34. The summed E-state index contributed by atoms with van der Waals surface area (Å²) in [4.78, 5) is 18.9. The number of para-hydroxylation sites is 1. The minimum absolute atomic E-state index is 0.281. The fourth-order valence-electron chi connectivity index (χ4n) is 5.50. The zero-order valence-electron chi connectivity index (χ0n) is 23.6. The molecule has 4 aromatic rings. The lowest BCUT2D eigenvalue weighted by atomic mass is 9.93. The van der Waals surface area contributed by atoms with Gasteiger partial charge in [0.1, 0.15) is 18.1 Å². The standard InChI is InChI=1S/C35H36N2O4/c1-37(28-12-7-4-8-13-28)34-32(35(38)39)14-9-15-33(34)36-23-25-16-18-29(19-17-25)41-24-27-22-30(40-2)20-21-31(27)26-10-5-3-6-11-26/h3,5-6,9-11,14-23,28H,4,7-8,12-13,24H2,1-2H3,(H,38,39). The molecule has 0 bridgehead atoms. The van der Waals surface area contributed by atoms with Crippen molar-refractivity contribution in [3.8, 4) is 22.6 Å². The van der Waals surface area contributed by atoms with E-state index in [0.717, 1.165) is 46.6 Å². The maximum atomic E-state index is 12.1. The molecule has 1 saturated carbocycles. The van der Waals surface area contributed by atoms with Crippen molar-refractivity contribution in [3.63, 3.8) is 0 Å². The summed E-state index contributed by atoms with van der Waals surface area (Å²) >= 11 is 0. The normalized spacial score (nSPS) is 13.7.